The Hall–Kier alpha value is -2.13. The Labute approximate surface area is 128 Å². The number of hydrogen-bond donors (Lipinski definition) is 1. The molecule has 0 bridgehead atoms. The first-order valence-corrected chi connectivity index (χ1v) is 7.34. The summed E-state index contributed by atoms with van der Waals surface area (Å²) in [6.45, 7) is 1.48. The van der Waals surface area contributed by atoms with Gasteiger partial charge in [-0.25, -0.2) is 0 Å². The molecule has 0 amide bonds. The zero-order chi connectivity index (χ0) is 14.7. The molecule has 0 unspecified atom stereocenters. The largest absolute Gasteiger partial charge is 0.491 e. The van der Waals surface area contributed by atoms with Crippen LogP contribution in [0.4, 0.5) is 5.69 Å². The van der Waals surface area contributed by atoms with Crippen molar-refractivity contribution in [3.05, 3.63) is 59.8 Å². The van der Waals surface area contributed by atoms with Gasteiger partial charge in [0.2, 0.25) is 0 Å². The normalized spacial score (nSPS) is 10.9. The van der Waals surface area contributed by atoms with Gasteiger partial charge in [0.05, 0.1) is 17.3 Å². The number of nitrogens with two attached hydrogens (primary N) is 1. The van der Waals surface area contributed by atoms with Gasteiger partial charge in [-0.1, -0.05) is 41.9 Å². The molecule has 0 aliphatic rings. The maximum absolute atomic E-state index is 6.24. The van der Waals surface area contributed by atoms with Crippen LogP contribution in [0.3, 0.4) is 0 Å². The fourth-order valence-electron chi connectivity index (χ4n) is 2.42. The fraction of sp³-hybridized carbons (Fsp3) is 0.176. The summed E-state index contributed by atoms with van der Waals surface area (Å²) in [5.74, 6) is 0.743. The summed E-state index contributed by atoms with van der Waals surface area (Å²) in [4.78, 5) is 0. The zero-order valence-corrected chi connectivity index (χ0v) is 12.4. The highest BCUT2D eigenvalue weighted by atomic mass is 35.5. The maximum Gasteiger partial charge on any atom is 0.142 e. The Balaban J connectivity index is 1.61. The molecule has 0 spiro atoms. The predicted octanol–water partition coefficient (Wildman–Crippen LogP) is 4.35. The van der Waals surface area contributed by atoms with E-state index in [1.165, 1.54) is 0 Å². The maximum atomic E-state index is 6.24. The lowest BCUT2D eigenvalue weighted by Gasteiger charge is -2.09. The van der Waals surface area contributed by atoms with Crippen LogP contribution in [-0.2, 0) is 6.54 Å². The molecule has 2 aromatic carbocycles. The summed E-state index contributed by atoms with van der Waals surface area (Å²) in [5, 5.41) is 1.88. The minimum atomic E-state index is 0.623. The van der Waals surface area contributed by atoms with Crippen molar-refractivity contribution in [2.24, 2.45) is 0 Å². The smallest absolute Gasteiger partial charge is 0.142 e. The lowest BCUT2D eigenvalue weighted by atomic mass is 10.2. The van der Waals surface area contributed by atoms with E-state index in [2.05, 4.69) is 10.6 Å². The predicted molar refractivity (Wildman–Crippen MR) is 87.9 cm³/mol. The van der Waals surface area contributed by atoms with Gasteiger partial charge in [0.25, 0.3) is 0 Å². The lowest BCUT2D eigenvalue weighted by Crippen LogP contribution is -2.04. The number of para-hydroxylation sites is 3. The van der Waals surface area contributed by atoms with Crippen molar-refractivity contribution < 1.29 is 4.74 Å². The molecule has 0 saturated heterocycles. The molecule has 3 aromatic rings. The number of fused-ring (bicyclic) bond motifs is 1. The van der Waals surface area contributed by atoms with Crippen molar-refractivity contribution in [1.82, 2.24) is 4.57 Å². The van der Waals surface area contributed by atoms with Gasteiger partial charge in [-0.3, -0.25) is 0 Å². The van der Waals surface area contributed by atoms with Crippen molar-refractivity contribution in [2.75, 3.05) is 12.3 Å². The first kappa shape index (κ1) is 13.8. The molecule has 21 heavy (non-hydrogen) atoms. The van der Waals surface area contributed by atoms with Gasteiger partial charge in [0, 0.05) is 23.6 Å². The van der Waals surface area contributed by atoms with Crippen molar-refractivity contribution in [2.45, 2.75) is 13.0 Å². The van der Waals surface area contributed by atoms with Crippen molar-refractivity contribution in [3.8, 4) is 5.75 Å². The second-order valence-electron chi connectivity index (χ2n) is 4.93. The molecule has 0 aliphatic heterocycles. The SMILES string of the molecule is Nc1ccccc1OCCCn1cc(Cl)c2ccccc21. The van der Waals surface area contributed by atoms with Crippen LogP contribution in [-0.4, -0.2) is 11.2 Å². The van der Waals surface area contributed by atoms with Gasteiger partial charge < -0.3 is 15.0 Å². The third-order valence-electron chi connectivity index (χ3n) is 3.46. The highest BCUT2D eigenvalue weighted by Gasteiger charge is 2.05. The molecule has 3 nitrogen and oxygen atoms in total. The van der Waals surface area contributed by atoms with E-state index >= 15 is 0 Å². The quantitative estimate of drug-likeness (QED) is 0.562. The van der Waals surface area contributed by atoms with Crippen LogP contribution >= 0.6 is 11.6 Å². The Morgan fingerprint density at radius 3 is 2.67 bits per heavy atom. The monoisotopic (exact) mass is 300 g/mol. The average molecular weight is 301 g/mol. The molecule has 0 saturated carbocycles. The molecule has 3 rings (SSSR count). The molecular weight excluding hydrogens is 284 g/mol. The molecule has 0 radical (unpaired) electrons. The van der Waals surface area contributed by atoms with Gasteiger partial charge in [-0.15, -0.1) is 0 Å². The topological polar surface area (TPSA) is 40.2 Å². The minimum Gasteiger partial charge on any atom is -0.491 e. The van der Waals surface area contributed by atoms with E-state index in [0.717, 1.165) is 34.6 Å². The molecule has 4 heteroatoms. The van der Waals surface area contributed by atoms with Crippen molar-refractivity contribution in [3.63, 3.8) is 0 Å². The third-order valence-corrected chi connectivity index (χ3v) is 3.76. The van der Waals surface area contributed by atoms with E-state index in [9.17, 15) is 0 Å². The van der Waals surface area contributed by atoms with Crippen LogP contribution < -0.4 is 10.5 Å². The van der Waals surface area contributed by atoms with E-state index in [0.29, 0.717) is 12.3 Å². The molecule has 0 atom stereocenters. The van der Waals surface area contributed by atoms with E-state index in [4.69, 9.17) is 22.1 Å². The Morgan fingerprint density at radius 2 is 1.81 bits per heavy atom. The number of anilines is 1. The molecule has 1 aromatic heterocycles. The van der Waals surface area contributed by atoms with Crippen LogP contribution in [0.25, 0.3) is 10.9 Å². The van der Waals surface area contributed by atoms with Crippen LogP contribution in [0.5, 0.6) is 5.75 Å². The second kappa shape index (κ2) is 6.10. The number of nitrogen functional groups attached to an aromatic ring is 1. The lowest BCUT2D eigenvalue weighted by molar-refractivity contribution is 0.304. The molecule has 2 N–H and O–H groups in total. The fourth-order valence-corrected chi connectivity index (χ4v) is 2.69. The van der Waals surface area contributed by atoms with E-state index < -0.39 is 0 Å². The summed E-state index contributed by atoms with van der Waals surface area (Å²) in [6, 6.07) is 15.7. The third kappa shape index (κ3) is 2.98. The molecule has 108 valence electrons. The minimum absolute atomic E-state index is 0.623. The highest BCUT2D eigenvalue weighted by molar-refractivity contribution is 6.35. The van der Waals surface area contributed by atoms with Gasteiger partial charge >= 0.3 is 0 Å². The second-order valence-corrected chi connectivity index (χ2v) is 5.33. The number of aryl methyl sites for hydroxylation is 1. The standard InChI is InChI=1S/C17H17ClN2O/c18-14-12-20(16-8-3-1-6-13(14)16)10-5-11-21-17-9-4-2-7-15(17)19/h1-4,6-9,12H,5,10-11,19H2. The van der Waals surface area contributed by atoms with E-state index in [1.54, 1.807) is 0 Å². The summed E-state index contributed by atoms with van der Waals surface area (Å²) in [6.07, 6.45) is 2.87. The van der Waals surface area contributed by atoms with Crippen molar-refractivity contribution >= 4 is 28.2 Å². The molecule has 0 aliphatic carbocycles. The van der Waals surface area contributed by atoms with Crippen LogP contribution in [0.15, 0.2) is 54.7 Å². The average Bonchev–Trinajstić information content (AvgIpc) is 2.82. The summed E-state index contributed by atoms with van der Waals surface area (Å²) in [7, 11) is 0. The highest BCUT2D eigenvalue weighted by Crippen LogP contribution is 2.25. The molecular formula is C17H17ClN2O. The number of halogens is 1. The van der Waals surface area contributed by atoms with E-state index in [-0.39, 0.29) is 0 Å². The summed E-state index contributed by atoms with van der Waals surface area (Å²) >= 11 is 6.24. The van der Waals surface area contributed by atoms with Gasteiger partial charge in [-0.05, 0) is 24.6 Å². The molecule has 0 fully saturated rings. The van der Waals surface area contributed by atoms with Crippen LogP contribution in [0, 0.1) is 0 Å². The number of aromatic nitrogens is 1. The number of benzene rings is 2. The number of rotatable bonds is 5. The summed E-state index contributed by atoms with van der Waals surface area (Å²) < 4.78 is 7.87. The van der Waals surface area contributed by atoms with Crippen molar-refractivity contribution in [1.29, 1.82) is 0 Å². The number of nitrogens with zero attached hydrogens (tertiary/aromatic N) is 1. The van der Waals surface area contributed by atoms with E-state index in [1.807, 2.05) is 48.7 Å². The number of ether oxygens (including phenoxy) is 1. The van der Waals surface area contributed by atoms with Crippen LogP contribution in [0.1, 0.15) is 6.42 Å². The number of hydrogen-bond acceptors (Lipinski definition) is 2. The van der Waals surface area contributed by atoms with Gasteiger partial charge in [0.15, 0.2) is 0 Å². The molecule has 1 heterocycles. The Kier molecular flexibility index (Phi) is 4.02. The Morgan fingerprint density at radius 1 is 1.05 bits per heavy atom. The summed E-state index contributed by atoms with van der Waals surface area (Å²) in [5.41, 5.74) is 7.67. The zero-order valence-electron chi connectivity index (χ0n) is 11.6. The van der Waals surface area contributed by atoms with Gasteiger partial charge in [0.1, 0.15) is 5.75 Å². The van der Waals surface area contributed by atoms with Crippen LogP contribution in [0.2, 0.25) is 5.02 Å². The first-order chi connectivity index (χ1) is 10.3. The van der Waals surface area contributed by atoms with Gasteiger partial charge in [-0.2, -0.15) is 0 Å². The Bertz CT molecular complexity index is 751. The first-order valence-electron chi connectivity index (χ1n) is 6.96.